The van der Waals surface area contributed by atoms with E-state index in [1.807, 2.05) is 4.68 Å². The molecule has 0 bridgehead atoms. The van der Waals surface area contributed by atoms with E-state index in [1.165, 1.54) is 16.3 Å². The highest BCUT2D eigenvalue weighted by atomic mass is 15.4. The number of nitrogens with zero attached hydrogens (tertiary/aromatic N) is 6. The number of hydrogen-bond donors (Lipinski definition) is 0. The number of fused-ring (bicyclic) bond motifs is 2. The van der Waals surface area contributed by atoms with E-state index < -0.39 is 0 Å². The van der Waals surface area contributed by atoms with E-state index in [2.05, 4.69) is 79.8 Å². The van der Waals surface area contributed by atoms with Crippen molar-refractivity contribution < 1.29 is 0 Å². The first kappa shape index (κ1) is 15.0. The average Bonchev–Trinajstić information content (AvgIpc) is 3.12. The standard InChI is InChI=1S/C20H18N6/c1-4-11-25(12-5-1)19-18-20(22-14-21-19)26(24-23-18)13-16-9-6-8-15-7-2-3-10-17(15)16/h1-4,6-10,14H,5,11-13H2. The van der Waals surface area contributed by atoms with Gasteiger partial charge >= 0.3 is 0 Å². The lowest BCUT2D eigenvalue weighted by Crippen LogP contribution is -2.27. The molecule has 26 heavy (non-hydrogen) atoms. The summed E-state index contributed by atoms with van der Waals surface area (Å²) >= 11 is 0. The van der Waals surface area contributed by atoms with Crippen LogP contribution in [0.25, 0.3) is 21.9 Å². The summed E-state index contributed by atoms with van der Waals surface area (Å²) in [5, 5.41) is 11.2. The van der Waals surface area contributed by atoms with E-state index >= 15 is 0 Å². The van der Waals surface area contributed by atoms with E-state index in [9.17, 15) is 0 Å². The van der Waals surface area contributed by atoms with Gasteiger partial charge in [0.25, 0.3) is 0 Å². The third kappa shape index (κ3) is 2.50. The molecule has 2 aromatic heterocycles. The van der Waals surface area contributed by atoms with Gasteiger partial charge in [-0.25, -0.2) is 14.6 Å². The van der Waals surface area contributed by atoms with Crippen molar-refractivity contribution in [2.45, 2.75) is 13.0 Å². The molecular formula is C20H18N6. The van der Waals surface area contributed by atoms with Crippen LogP contribution in [0.4, 0.5) is 5.82 Å². The Bertz CT molecular complexity index is 1110. The lowest BCUT2D eigenvalue weighted by Gasteiger charge is -2.23. The Labute approximate surface area is 150 Å². The highest BCUT2D eigenvalue weighted by Crippen LogP contribution is 2.24. The molecule has 6 heteroatoms. The number of rotatable bonds is 3. The molecule has 0 saturated carbocycles. The predicted octanol–water partition coefficient (Wildman–Crippen LogP) is 3.19. The molecule has 2 aromatic carbocycles. The third-order valence-corrected chi connectivity index (χ3v) is 4.84. The van der Waals surface area contributed by atoms with Crippen LogP contribution in [-0.2, 0) is 6.54 Å². The topological polar surface area (TPSA) is 59.7 Å². The van der Waals surface area contributed by atoms with E-state index in [1.54, 1.807) is 6.33 Å². The molecule has 128 valence electrons. The largest absolute Gasteiger partial charge is 0.351 e. The van der Waals surface area contributed by atoms with Gasteiger partial charge in [-0.05, 0) is 22.8 Å². The lowest BCUT2D eigenvalue weighted by molar-refractivity contribution is 0.666. The molecule has 0 radical (unpaired) electrons. The first-order valence-electron chi connectivity index (χ1n) is 8.81. The summed E-state index contributed by atoms with van der Waals surface area (Å²) in [6, 6.07) is 14.7. The highest BCUT2D eigenvalue weighted by Gasteiger charge is 2.17. The smallest absolute Gasteiger partial charge is 0.184 e. The van der Waals surface area contributed by atoms with Crippen LogP contribution in [-0.4, -0.2) is 38.1 Å². The van der Waals surface area contributed by atoms with Gasteiger partial charge in [0.2, 0.25) is 0 Å². The van der Waals surface area contributed by atoms with Crippen LogP contribution < -0.4 is 4.90 Å². The van der Waals surface area contributed by atoms with Crippen molar-refractivity contribution >= 4 is 27.8 Å². The average molecular weight is 342 g/mol. The SMILES string of the molecule is C1=CCN(c2ncnc3c2nnn3Cc2cccc3ccccc23)CC1. The van der Waals surface area contributed by atoms with Gasteiger partial charge in [-0.15, -0.1) is 5.10 Å². The molecule has 0 amide bonds. The zero-order valence-corrected chi connectivity index (χ0v) is 14.3. The zero-order valence-electron chi connectivity index (χ0n) is 14.3. The van der Waals surface area contributed by atoms with E-state index in [4.69, 9.17) is 0 Å². The lowest BCUT2D eigenvalue weighted by atomic mass is 10.0. The third-order valence-electron chi connectivity index (χ3n) is 4.84. The van der Waals surface area contributed by atoms with Crippen LogP contribution >= 0.6 is 0 Å². The highest BCUT2D eigenvalue weighted by molar-refractivity contribution is 5.86. The van der Waals surface area contributed by atoms with Crippen LogP contribution in [0.2, 0.25) is 0 Å². The summed E-state index contributed by atoms with van der Waals surface area (Å²) in [5.74, 6) is 0.864. The Hall–Kier alpha value is -3.28. The second kappa shape index (κ2) is 6.22. The normalized spacial score (nSPS) is 14.4. The minimum absolute atomic E-state index is 0.633. The number of benzene rings is 2. The fourth-order valence-corrected chi connectivity index (χ4v) is 3.54. The van der Waals surface area contributed by atoms with Gasteiger partial charge in [-0.2, -0.15) is 0 Å². The molecule has 0 fully saturated rings. The number of anilines is 1. The summed E-state index contributed by atoms with van der Waals surface area (Å²) < 4.78 is 1.86. The maximum atomic E-state index is 4.47. The van der Waals surface area contributed by atoms with Crippen molar-refractivity contribution in [3.8, 4) is 0 Å². The Morgan fingerprint density at radius 2 is 1.88 bits per heavy atom. The van der Waals surface area contributed by atoms with Crippen LogP contribution in [0.15, 0.2) is 60.9 Å². The summed E-state index contributed by atoms with van der Waals surface area (Å²) in [4.78, 5) is 11.1. The maximum absolute atomic E-state index is 4.47. The number of aromatic nitrogens is 5. The molecule has 0 N–H and O–H groups in total. The van der Waals surface area contributed by atoms with Crippen LogP contribution in [0.5, 0.6) is 0 Å². The van der Waals surface area contributed by atoms with Crippen LogP contribution in [0.3, 0.4) is 0 Å². The summed E-state index contributed by atoms with van der Waals surface area (Å²) in [6.45, 7) is 2.43. The predicted molar refractivity (Wildman–Crippen MR) is 102 cm³/mol. The maximum Gasteiger partial charge on any atom is 0.184 e. The fourth-order valence-electron chi connectivity index (χ4n) is 3.54. The fraction of sp³-hybridized carbons (Fsp3) is 0.200. The van der Waals surface area contributed by atoms with Gasteiger partial charge in [0.1, 0.15) is 6.33 Å². The second-order valence-corrected chi connectivity index (χ2v) is 6.46. The van der Waals surface area contributed by atoms with E-state index in [0.717, 1.165) is 36.5 Å². The van der Waals surface area contributed by atoms with Gasteiger partial charge in [0.15, 0.2) is 17.0 Å². The van der Waals surface area contributed by atoms with Crippen LogP contribution in [0, 0.1) is 0 Å². The zero-order chi connectivity index (χ0) is 17.3. The van der Waals surface area contributed by atoms with Gasteiger partial charge in [0, 0.05) is 13.1 Å². The molecular weight excluding hydrogens is 324 g/mol. The monoisotopic (exact) mass is 342 g/mol. The Morgan fingerprint density at radius 1 is 0.962 bits per heavy atom. The van der Waals surface area contributed by atoms with Gasteiger partial charge < -0.3 is 4.90 Å². The van der Waals surface area contributed by atoms with Gasteiger partial charge in [-0.3, -0.25) is 0 Å². The Kier molecular flexibility index (Phi) is 3.59. The van der Waals surface area contributed by atoms with Crippen molar-refractivity contribution in [2.75, 3.05) is 18.0 Å². The Balaban J connectivity index is 1.57. The van der Waals surface area contributed by atoms with Crippen LogP contribution in [0.1, 0.15) is 12.0 Å². The summed E-state index contributed by atoms with van der Waals surface area (Å²) in [6.07, 6.45) is 7.00. The van der Waals surface area contributed by atoms with Gasteiger partial charge in [-0.1, -0.05) is 59.8 Å². The van der Waals surface area contributed by atoms with Crippen molar-refractivity contribution in [3.05, 3.63) is 66.5 Å². The minimum atomic E-state index is 0.633. The van der Waals surface area contributed by atoms with E-state index in [0.29, 0.717) is 6.54 Å². The first-order chi connectivity index (χ1) is 12.9. The molecule has 0 atom stereocenters. The van der Waals surface area contributed by atoms with Crippen molar-refractivity contribution in [2.24, 2.45) is 0 Å². The van der Waals surface area contributed by atoms with Crippen molar-refractivity contribution in [1.29, 1.82) is 0 Å². The molecule has 4 aromatic rings. The summed E-state index contributed by atoms with van der Waals surface area (Å²) in [5.41, 5.74) is 2.75. The minimum Gasteiger partial charge on any atom is -0.351 e. The molecule has 6 nitrogen and oxygen atoms in total. The molecule has 0 spiro atoms. The molecule has 1 aliphatic rings. The van der Waals surface area contributed by atoms with Crippen molar-refractivity contribution in [3.63, 3.8) is 0 Å². The van der Waals surface area contributed by atoms with Crippen molar-refractivity contribution in [1.82, 2.24) is 25.0 Å². The first-order valence-corrected chi connectivity index (χ1v) is 8.81. The molecule has 5 rings (SSSR count). The molecule has 3 heterocycles. The molecule has 0 saturated heterocycles. The van der Waals surface area contributed by atoms with Gasteiger partial charge in [0.05, 0.1) is 6.54 Å². The Morgan fingerprint density at radius 3 is 2.81 bits per heavy atom. The summed E-state index contributed by atoms with van der Waals surface area (Å²) in [7, 11) is 0. The molecule has 0 unspecified atom stereocenters. The molecule has 0 aliphatic carbocycles. The second-order valence-electron chi connectivity index (χ2n) is 6.46. The number of hydrogen-bond acceptors (Lipinski definition) is 5. The quantitative estimate of drug-likeness (QED) is 0.535. The van der Waals surface area contributed by atoms with E-state index in [-0.39, 0.29) is 0 Å². The molecule has 1 aliphatic heterocycles.